The average molecular weight is 249 g/mol. The molecule has 1 aromatic rings. The molecular formula is C14H19NO3. The summed E-state index contributed by atoms with van der Waals surface area (Å²) in [4.78, 5) is 22.3. The number of carbonyl (C=O) groups excluding carboxylic acids is 1. The SMILES string of the molecule is Cc1ccccc1CC(=O)NCCC(C)C(=O)O. The highest BCUT2D eigenvalue weighted by Crippen LogP contribution is 2.07. The van der Waals surface area contributed by atoms with Crippen LogP contribution in [0.2, 0.25) is 0 Å². The minimum absolute atomic E-state index is 0.0677. The maximum absolute atomic E-state index is 11.7. The van der Waals surface area contributed by atoms with Crippen LogP contribution in [-0.4, -0.2) is 23.5 Å². The first-order chi connectivity index (χ1) is 8.50. The molecule has 1 unspecified atom stereocenters. The Morgan fingerprint density at radius 2 is 2.00 bits per heavy atom. The van der Waals surface area contributed by atoms with E-state index in [1.54, 1.807) is 6.92 Å². The van der Waals surface area contributed by atoms with E-state index in [2.05, 4.69) is 5.32 Å². The van der Waals surface area contributed by atoms with Gasteiger partial charge in [-0.2, -0.15) is 0 Å². The highest BCUT2D eigenvalue weighted by atomic mass is 16.4. The van der Waals surface area contributed by atoms with Crippen molar-refractivity contribution >= 4 is 11.9 Å². The van der Waals surface area contributed by atoms with Gasteiger partial charge in [-0.15, -0.1) is 0 Å². The van der Waals surface area contributed by atoms with Crippen molar-refractivity contribution in [3.63, 3.8) is 0 Å². The van der Waals surface area contributed by atoms with Gasteiger partial charge in [-0.25, -0.2) is 0 Å². The Bertz CT molecular complexity index is 429. The molecule has 0 heterocycles. The van der Waals surface area contributed by atoms with E-state index in [0.29, 0.717) is 19.4 Å². The fourth-order valence-corrected chi connectivity index (χ4v) is 1.60. The van der Waals surface area contributed by atoms with Crippen LogP contribution in [0.15, 0.2) is 24.3 Å². The third kappa shape index (κ3) is 4.57. The van der Waals surface area contributed by atoms with E-state index >= 15 is 0 Å². The number of hydrogen-bond acceptors (Lipinski definition) is 2. The van der Waals surface area contributed by atoms with E-state index in [1.165, 1.54) is 0 Å². The first kappa shape index (κ1) is 14.2. The van der Waals surface area contributed by atoms with E-state index in [9.17, 15) is 9.59 Å². The number of aliphatic carboxylic acids is 1. The van der Waals surface area contributed by atoms with Gasteiger partial charge in [0.1, 0.15) is 0 Å². The third-order valence-corrected chi connectivity index (χ3v) is 2.93. The molecule has 0 spiro atoms. The van der Waals surface area contributed by atoms with Crippen molar-refractivity contribution in [3.05, 3.63) is 35.4 Å². The summed E-state index contributed by atoms with van der Waals surface area (Å²) in [6.07, 6.45) is 0.795. The zero-order chi connectivity index (χ0) is 13.5. The molecule has 0 aliphatic rings. The topological polar surface area (TPSA) is 66.4 Å². The van der Waals surface area contributed by atoms with Crippen molar-refractivity contribution in [1.82, 2.24) is 5.32 Å². The first-order valence-electron chi connectivity index (χ1n) is 6.04. The lowest BCUT2D eigenvalue weighted by Crippen LogP contribution is -2.28. The summed E-state index contributed by atoms with van der Waals surface area (Å²) < 4.78 is 0. The molecule has 1 aromatic carbocycles. The zero-order valence-electron chi connectivity index (χ0n) is 10.8. The van der Waals surface area contributed by atoms with Crippen molar-refractivity contribution in [2.45, 2.75) is 26.7 Å². The molecule has 1 amide bonds. The smallest absolute Gasteiger partial charge is 0.306 e. The molecule has 2 N–H and O–H groups in total. The fraction of sp³-hybridized carbons (Fsp3) is 0.429. The number of carboxylic acid groups (broad SMARTS) is 1. The molecule has 0 aliphatic carbocycles. The first-order valence-corrected chi connectivity index (χ1v) is 6.04. The van der Waals surface area contributed by atoms with Crippen LogP contribution >= 0.6 is 0 Å². The van der Waals surface area contributed by atoms with Gasteiger partial charge < -0.3 is 10.4 Å². The van der Waals surface area contributed by atoms with Crippen molar-refractivity contribution in [2.24, 2.45) is 5.92 Å². The van der Waals surface area contributed by atoms with Crippen LogP contribution < -0.4 is 5.32 Å². The Hall–Kier alpha value is -1.84. The number of carboxylic acids is 1. The lowest BCUT2D eigenvalue weighted by atomic mass is 10.1. The van der Waals surface area contributed by atoms with Crippen LogP contribution in [0, 0.1) is 12.8 Å². The number of amides is 1. The van der Waals surface area contributed by atoms with Gasteiger partial charge in [-0.3, -0.25) is 9.59 Å². The van der Waals surface area contributed by atoms with Crippen LogP contribution in [0.5, 0.6) is 0 Å². The summed E-state index contributed by atoms with van der Waals surface area (Å²) >= 11 is 0. The molecule has 4 nitrogen and oxygen atoms in total. The highest BCUT2D eigenvalue weighted by molar-refractivity contribution is 5.79. The molecule has 0 radical (unpaired) electrons. The number of aryl methyl sites for hydroxylation is 1. The van der Waals surface area contributed by atoms with Crippen molar-refractivity contribution < 1.29 is 14.7 Å². The number of benzene rings is 1. The monoisotopic (exact) mass is 249 g/mol. The molecule has 0 saturated heterocycles. The molecule has 1 atom stereocenters. The third-order valence-electron chi connectivity index (χ3n) is 2.93. The van der Waals surface area contributed by atoms with E-state index in [4.69, 9.17) is 5.11 Å². The predicted octanol–water partition coefficient (Wildman–Crippen LogP) is 1.76. The van der Waals surface area contributed by atoms with Crippen molar-refractivity contribution in [2.75, 3.05) is 6.54 Å². The number of nitrogens with one attached hydrogen (secondary N) is 1. The van der Waals surface area contributed by atoms with Crippen molar-refractivity contribution in [1.29, 1.82) is 0 Å². The Balaban J connectivity index is 2.35. The molecule has 0 saturated carbocycles. The van der Waals surface area contributed by atoms with E-state index in [1.807, 2.05) is 31.2 Å². The summed E-state index contributed by atoms with van der Waals surface area (Å²) in [6, 6.07) is 7.73. The van der Waals surface area contributed by atoms with E-state index in [-0.39, 0.29) is 5.91 Å². The fourth-order valence-electron chi connectivity index (χ4n) is 1.60. The highest BCUT2D eigenvalue weighted by Gasteiger charge is 2.11. The van der Waals surface area contributed by atoms with Crippen LogP contribution in [-0.2, 0) is 16.0 Å². The van der Waals surface area contributed by atoms with Gasteiger partial charge >= 0.3 is 5.97 Å². The summed E-state index contributed by atoms with van der Waals surface area (Å²) in [5.74, 6) is -1.33. The quantitative estimate of drug-likeness (QED) is 0.807. The van der Waals surface area contributed by atoms with Crippen LogP contribution in [0.1, 0.15) is 24.5 Å². The van der Waals surface area contributed by atoms with Gasteiger partial charge in [0.05, 0.1) is 12.3 Å². The Kier molecular flexibility index (Phi) is 5.36. The summed E-state index contributed by atoms with van der Waals surface area (Å²) in [5, 5.41) is 11.4. The maximum atomic E-state index is 11.7. The molecule has 0 fully saturated rings. The lowest BCUT2D eigenvalue weighted by Gasteiger charge is -2.09. The summed E-state index contributed by atoms with van der Waals surface area (Å²) in [5.41, 5.74) is 2.09. The molecule has 0 aromatic heterocycles. The Morgan fingerprint density at radius 1 is 1.33 bits per heavy atom. The predicted molar refractivity (Wildman–Crippen MR) is 69.3 cm³/mol. The standard InChI is InChI=1S/C14H19NO3/c1-10-5-3-4-6-12(10)9-13(16)15-8-7-11(2)14(17)18/h3-6,11H,7-9H2,1-2H3,(H,15,16)(H,17,18). The molecule has 18 heavy (non-hydrogen) atoms. The average Bonchev–Trinajstić information content (AvgIpc) is 2.32. The normalized spacial score (nSPS) is 11.9. The largest absolute Gasteiger partial charge is 0.481 e. The van der Waals surface area contributed by atoms with Crippen LogP contribution in [0.4, 0.5) is 0 Å². The summed E-state index contributed by atoms with van der Waals surface area (Å²) in [6.45, 7) is 4.00. The molecule has 0 aliphatic heterocycles. The molecule has 1 rings (SSSR count). The number of rotatable bonds is 6. The van der Waals surface area contributed by atoms with Crippen LogP contribution in [0.25, 0.3) is 0 Å². The van der Waals surface area contributed by atoms with E-state index in [0.717, 1.165) is 11.1 Å². The minimum Gasteiger partial charge on any atom is -0.481 e. The van der Waals surface area contributed by atoms with Gasteiger partial charge in [-0.1, -0.05) is 31.2 Å². The second kappa shape index (κ2) is 6.79. The van der Waals surface area contributed by atoms with Gasteiger partial charge in [0.2, 0.25) is 5.91 Å². The molecule has 0 bridgehead atoms. The zero-order valence-corrected chi connectivity index (χ0v) is 10.8. The molecule has 4 heteroatoms. The van der Waals surface area contributed by atoms with Gasteiger partial charge in [-0.05, 0) is 24.5 Å². The Labute approximate surface area is 107 Å². The van der Waals surface area contributed by atoms with Gasteiger partial charge in [0.15, 0.2) is 0 Å². The second-order valence-electron chi connectivity index (χ2n) is 4.48. The van der Waals surface area contributed by atoms with Gasteiger partial charge in [0.25, 0.3) is 0 Å². The van der Waals surface area contributed by atoms with E-state index < -0.39 is 11.9 Å². The number of hydrogen-bond donors (Lipinski definition) is 2. The lowest BCUT2D eigenvalue weighted by molar-refractivity contribution is -0.141. The number of carbonyl (C=O) groups is 2. The molecule has 98 valence electrons. The minimum atomic E-state index is -0.830. The van der Waals surface area contributed by atoms with Crippen LogP contribution in [0.3, 0.4) is 0 Å². The maximum Gasteiger partial charge on any atom is 0.306 e. The summed E-state index contributed by atoms with van der Waals surface area (Å²) in [7, 11) is 0. The van der Waals surface area contributed by atoms with Gasteiger partial charge in [0, 0.05) is 6.54 Å². The molecular weight excluding hydrogens is 230 g/mol. The Morgan fingerprint density at radius 3 is 2.61 bits per heavy atom. The van der Waals surface area contributed by atoms with Crippen molar-refractivity contribution in [3.8, 4) is 0 Å². The second-order valence-corrected chi connectivity index (χ2v) is 4.48.